The van der Waals surface area contributed by atoms with Crippen LogP contribution >= 0.6 is 0 Å². The van der Waals surface area contributed by atoms with E-state index < -0.39 is 0 Å². The van der Waals surface area contributed by atoms with Crippen LogP contribution in [0.15, 0.2) is 10.9 Å². The Hall–Kier alpha value is -1.65. The molecule has 2 aliphatic carbocycles. The first kappa shape index (κ1) is 18.7. The van der Waals surface area contributed by atoms with Gasteiger partial charge in [0.1, 0.15) is 0 Å². The normalized spacial score (nSPS) is 26.6. The number of aromatic nitrogens is 2. The van der Waals surface area contributed by atoms with Crippen molar-refractivity contribution >= 4 is 5.91 Å². The molecule has 2 fully saturated rings. The number of aryl methyl sites for hydroxylation is 2. The highest BCUT2D eigenvalue weighted by Crippen LogP contribution is 2.31. The molecule has 0 N–H and O–H groups in total. The van der Waals surface area contributed by atoms with Gasteiger partial charge in [0.2, 0.25) is 5.91 Å². The third-order valence-electron chi connectivity index (χ3n) is 7.00. The lowest BCUT2D eigenvalue weighted by molar-refractivity contribution is -0.138. The molecular formula is C22H33N3O2. The summed E-state index contributed by atoms with van der Waals surface area (Å²) in [5.41, 5.74) is 2.33. The van der Waals surface area contributed by atoms with E-state index in [1.165, 1.54) is 25.7 Å². The van der Waals surface area contributed by atoms with Gasteiger partial charge in [-0.1, -0.05) is 6.92 Å². The van der Waals surface area contributed by atoms with Gasteiger partial charge in [-0.05, 0) is 81.6 Å². The Balaban J connectivity index is 1.32. The highest BCUT2D eigenvalue weighted by molar-refractivity contribution is 5.79. The van der Waals surface area contributed by atoms with Gasteiger partial charge in [0.05, 0.1) is 5.69 Å². The minimum atomic E-state index is 0.0467. The molecular weight excluding hydrogens is 338 g/mol. The predicted molar refractivity (Wildman–Crippen MR) is 106 cm³/mol. The highest BCUT2D eigenvalue weighted by atomic mass is 16.2. The molecule has 4 rings (SSSR count). The molecule has 148 valence electrons. The number of piperidine rings is 1. The zero-order valence-corrected chi connectivity index (χ0v) is 16.7. The monoisotopic (exact) mass is 371 g/mol. The average molecular weight is 372 g/mol. The molecule has 2 heterocycles. The van der Waals surface area contributed by atoms with Crippen LogP contribution < -0.4 is 5.56 Å². The van der Waals surface area contributed by atoms with Gasteiger partial charge < -0.3 is 4.90 Å². The Bertz CT molecular complexity index is 726. The quantitative estimate of drug-likeness (QED) is 0.820. The first-order valence-electron chi connectivity index (χ1n) is 11.0. The van der Waals surface area contributed by atoms with Gasteiger partial charge in [0.15, 0.2) is 0 Å². The Morgan fingerprint density at radius 3 is 2.52 bits per heavy atom. The van der Waals surface area contributed by atoms with Crippen molar-refractivity contribution in [2.75, 3.05) is 13.1 Å². The van der Waals surface area contributed by atoms with E-state index in [-0.39, 0.29) is 11.5 Å². The Morgan fingerprint density at radius 1 is 1.07 bits per heavy atom. The number of amides is 1. The van der Waals surface area contributed by atoms with E-state index in [2.05, 4.69) is 16.9 Å². The van der Waals surface area contributed by atoms with Gasteiger partial charge in [-0.2, -0.15) is 5.10 Å². The summed E-state index contributed by atoms with van der Waals surface area (Å²) in [4.78, 5) is 27.3. The fourth-order valence-corrected chi connectivity index (χ4v) is 5.08. The lowest BCUT2D eigenvalue weighted by Crippen LogP contribution is -2.43. The number of rotatable bonds is 3. The van der Waals surface area contributed by atoms with E-state index in [0.29, 0.717) is 18.4 Å². The van der Waals surface area contributed by atoms with E-state index in [1.54, 1.807) is 4.68 Å². The lowest BCUT2D eigenvalue weighted by Gasteiger charge is -2.36. The summed E-state index contributed by atoms with van der Waals surface area (Å²) in [5.74, 6) is 1.86. The maximum absolute atomic E-state index is 12.8. The van der Waals surface area contributed by atoms with Crippen LogP contribution in [0, 0.1) is 17.8 Å². The van der Waals surface area contributed by atoms with Gasteiger partial charge in [-0.3, -0.25) is 9.59 Å². The summed E-state index contributed by atoms with van der Waals surface area (Å²) in [6.45, 7) is 4.68. The van der Waals surface area contributed by atoms with Crippen LogP contribution in [0.25, 0.3) is 0 Å². The van der Waals surface area contributed by atoms with Crippen molar-refractivity contribution in [1.82, 2.24) is 14.7 Å². The van der Waals surface area contributed by atoms with Crippen LogP contribution in [0.4, 0.5) is 0 Å². The fraction of sp³-hybridized carbons (Fsp3) is 0.773. The van der Waals surface area contributed by atoms with Gasteiger partial charge in [0, 0.05) is 31.6 Å². The predicted octanol–water partition coefficient (Wildman–Crippen LogP) is 3.19. The summed E-state index contributed by atoms with van der Waals surface area (Å²) in [5, 5.41) is 4.67. The lowest BCUT2D eigenvalue weighted by atomic mass is 9.82. The topological polar surface area (TPSA) is 55.2 Å². The molecule has 1 saturated carbocycles. The number of hydrogen-bond donors (Lipinski definition) is 0. The van der Waals surface area contributed by atoms with Crippen molar-refractivity contribution in [3.63, 3.8) is 0 Å². The van der Waals surface area contributed by atoms with E-state index >= 15 is 0 Å². The average Bonchev–Trinajstić information content (AvgIpc) is 2.69. The van der Waals surface area contributed by atoms with Crippen molar-refractivity contribution in [1.29, 1.82) is 0 Å². The van der Waals surface area contributed by atoms with E-state index in [0.717, 1.165) is 68.8 Å². The standard InChI is InChI=1S/C22H33N3O2/c1-16-6-8-18(9-7-16)22(27)24-12-10-17(11-13-24)15-25-21(26)14-19-4-2-3-5-20(19)23-25/h14,16-18H,2-13,15H2,1H3. The smallest absolute Gasteiger partial charge is 0.267 e. The molecule has 1 aromatic rings. The molecule has 1 aliphatic heterocycles. The number of carbonyl (C=O) groups excluding carboxylic acids is 1. The number of hydrogen-bond acceptors (Lipinski definition) is 3. The molecule has 0 radical (unpaired) electrons. The number of likely N-dealkylation sites (tertiary alicyclic amines) is 1. The third-order valence-corrected chi connectivity index (χ3v) is 7.00. The zero-order valence-electron chi connectivity index (χ0n) is 16.7. The third kappa shape index (κ3) is 4.27. The molecule has 3 aliphatic rings. The Morgan fingerprint density at radius 2 is 1.78 bits per heavy atom. The molecule has 0 bridgehead atoms. The molecule has 5 nitrogen and oxygen atoms in total. The molecule has 0 atom stereocenters. The van der Waals surface area contributed by atoms with Crippen molar-refractivity contribution in [2.24, 2.45) is 17.8 Å². The number of fused-ring (bicyclic) bond motifs is 1. The number of carbonyl (C=O) groups is 1. The van der Waals surface area contributed by atoms with Crippen LogP contribution in [-0.2, 0) is 24.2 Å². The van der Waals surface area contributed by atoms with Gasteiger partial charge in [-0.25, -0.2) is 4.68 Å². The molecule has 1 aromatic heterocycles. The molecule has 0 unspecified atom stereocenters. The Labute approximate surface area is 162 Å². The second-order valence-corrected chi connectivity index (χ2v) is 9.07. The van der Waals surface area contributed by atoms with Gasteiger partial charge in [0.25, 0.3) is 5.56 Å². The van der Waals surface area contributed by atoms with Crippen molar-refractivity contribution < 1.29 is 4.79 Å². The van der Waals surface area contributed by atoms with Crippen molar-refractivity contribution in [2.45, 2.75) is 77.7 Å². The van der Waals surface area contributed by atoms with Gasteiger partial charge in [-0.15, -0.1) is 0 Å². The SMILES string of the molecule is CC1CCC(C(=O)N2CCC(Cn3nc4c(cc3=O)CCCC4)CC2)CC1. The van der Waals surface area contributed by atoms with Crippen LogP contribution in [0.2, 0.25) is 0 Å². The van der Waals surface area contributed by atoms with Crippen LogP contribution in [-0.4, -0.2) is 33.7 Å². The van der Waals surface area contributed by atoms with E-state index in [9.17, 15) is 9.59 Å². The maximum atomic E-state index is 12.8. The van der Waals surface area contributed by atoms with Gasteiger partial charge >= 0.3 is 0 Å². The summed E-state index contributed by atoms with van der Waals surface area (Å²) in [7, 11) is 0. The second kappa shape index (κ2) is 8.15. The van der Waals surface area contributed by atoms with Crippen molar-refractivity contribution in [3.8, 4) is 0 Å². The first-order chi connectivity index (χ1) is 13.1. The van der Waals surface area contributed by atoms with E-state index in [4.69, 9.17) is 0 Å². The molecule has 0 aromatic carbocycles. The second-order valence-electron chi connectivity index (χ2n) is 9.07. The fourth-order valence-electron chi connectivity index (χ4n) is 5.08. The maximum Gasteiger partial charge on any atom is 0.267 e. The minimum absolute atomic E-state index is 0.0467. The minimum Gasteiger partial charge on any atom is -0.342 e. The largest absolute Gasteiger partial charge is 0.342 e. The summed E-state index contributed by atoms with van der Waals surface area (Å²) >= 11 is 0. The van der Waals surface area contributed by atoms with Crippen LogP contribution in [0.3, 0.4) is 0 Å². The van der Waals surface area contributed by atoms with Crippen molar-refractivity contribution in [3.05, 3.63) is 27.7 Å². The highest BCUT2D eigenvalue weighted by Gasteiger charge is 2.30. The summed E-state index contributed by atoms with van der Waals surface area (Å²) in [6.07, 6.45) is 10.8. The van der Waals surface area contributed by atoms with E-state index in [1.807, 2.05) is 6.07 Å². The molecule has 5 heteroatoms. The summed E-state index contributed by atoms with van der Waals surface area (Å²) in [6, 6.07) is 1.81. The first-order valence-corrected chi connectivity index (χ1v) is 11.0. The molecule has 0 spiro atoms. The number of nitrogens with zero attached hydrogens (tertiary/aromatic N) is 3. The zero-order chi connectivity index (χ0) is 18.8. The molecule has 1 amide bonds. The molecule has 1 saturated heterocycles. The molecule has 27 heavy (non-hydrogen) atoms. The Kier molecular flexibility index (Phi) is 5.65. The van der Waals surface area contributed by atoms with Crippen LogP contribution in [0.5, 0.6) is 0 Å². The summed E-state index contributed by atoms with van der Waals surface area (Å²) < 4.78 is 1.69. The van der Waals surface area contributed by atoms with Crippen LogP contribution in [0.1, 0.15) is 69.5 Å².